The van der Waals surface area contributed by atoms with Crippen molar-refractivity contribution in [2.45, 2.75) is 19.0 Å². The maximum absolute atomic E-state index is 12.6. The average Bonchev–Trinajstić information content (AvgIpc) is 2.46. The highest BCUT2D eigenvalue weighted by Gasteiger charge is 2.30. The minimum atomic E-state index is -4.40. The van der Waals surface area contributed by atoms with Crippen molar-refractivity contribution >= 4 is 0 Å². The van der Waals surface area contributed by atoms with E-state index in [1.165, 1.54) is 12.1 Å². The highest BCUT2D eigenvalue weighted by atomic mass is 19.4. The first kappa shape index (κ1) is 15.3. The summed E-state index contributed by atoms with van der Waals surface area (Å²) in [6.45, 7) is 0.0997. The molecule has 0 unspecified atom stereocenters. The molecule has 0 aliphatic rings. The first-order chi connectivity index (χ1) is 9.99. The van der Waals surface area contributed by atoms with Crippen molar-refractivity contribution in [3.8, 4) is 11.6 Å². The number of rotatable bonds is 5. The number of nitrogens with zero attached hydrogens (tertiary/aromatic N) is 1. The van der Waals surface area contributed by atoms with Crippen LogP contribution >= 0.6 is 0 Å². The zero-order valence-electron chi connectivity index (χ0n) is 11.1. The molecule has 1 N–H and O–H groups in total. The second-order valence-corrected chi connectivity index (χ2v) is 4.46. The molecule has 0 fully saturated rings. The van der Waals surface area contributed by atoms with Crippen molar-refractivity contribution in [1.82, 2.24) is 4.98 Å². The van der Waals surface area contributed by atoms with Crippen LogP contribution in [0.25, 0.3) is 0 Å². The lowest BCUT2D eigenvalue weighted by Gasteiger charge is -2.09. The third-order valence-corrected chi connectivity index (χ3v) is 2.80. The van der Waals surface area contributed by atoms with E-state index < -0.39 is 11.7 Å². The van der Waals surface area contributed by atoms with Crippen molar-refractivity contribution in [3.05, 3.63) is 53.7 Å². The maximum Gasteiger partial charge on any atom is 0.416 e. The highest BCUT2D eigenvalue weighted by molar-refractivity contribution is 5.33. The Morgan fingerprint density at radius 3 is 2.57 bits per heavy atom. The smallest absolute Gasteiger partial charge is 0.416 e. The third-order valence-electron chi connectivity index (χ3n) is 2.80. The van der Waals surface area contributed by atoms with Crippen LogP contribution in [-0.4, -0.2) is 16.7 Å². The summed E-state index contributed by atoms with van der Waals surface area (Å²) in [5, 5.41) is 8.73. The fourth-order valence-corrected chi connectivity index (χ4v) is 1.76. The van der Waals surface area contributed by atoms with Crippen molar-refractivity contribution in [2.24, 2.45) is 0 Å². The molecule has 2 aromatic rings. The Bertz CT molecular complexity index is 582. The summed E-state index contributed by atoms with van der Waals surface area (Å²) in [6.07, 6.45) is -1.50. The molecule has 0 saturated carbocycles. The van der Waals surface area contributed by atoms with E-state index in [0.717, 1.165) is 17.7 Å². The lowest BCUT2D eigenvalue weighted by molar-refractivity contribution is -0.137. The number of hydrogen-bond donors (Lipinski definition) is 1. The van der Waals surface area contributed by atoms with Gasteiger partial charge in [0.15, 0.2) is 0 Å². The van der Waals surface area contributed by atoms with Gasteiger partial charge in [0.2, 0.25) is 5.88 Å². The maximum atomic E-state index is 12.6. The van der Waals surface area contributed by atoms with E-state index in [1.54, 1.807) is 18.3 Å². The number of aliphatic hydroxyl groups is 1. The first-order valence-electron chi connectivity index (χ1n) is 6.40. The van der Waals surface area contributed by atoms with E-state index in [1.807, 2.05) is 0 Å². The average molecular weight is 297 g/mol. The summed E-state index contributed by atoms with van der Waals surface area (Å²) < 4.78 is 43.1. The molecule has 3 nitrogen and oxygen atoms in total. The van der Waals surface area contributed by atoms with E-state index in [2.05, 4.69) is 4.98 Å². The van der Waals surface area contributed by atoms with Crippen LogP contribution in [0.5, 0.6) is 11.6 Å². The van der Waals surface area contributed by atoms with Crippen LogP contribution in [0, 0.1) is 0 Å². The molecular weight excluding hydrogens is 283 g/mol. The number of aliphatic hydroxyl groups excluding tert-OH is 1. The summed E-state index contributed by atoms with van der Waals surface area (Å²) in [7, 11) is 0. The summed E-state index contributed by atoms with van der Waals surface area (Å²) in [5.41, 5.74) is 0.167. The van der Waals surface area contributed by atoms with Gasteiger partial charge in [-0.2, -0.15) is 13.2 Å². The number of halogens is 3. The zero-order chi connectivity index (χ0) is 15.3. The quantitative estimate of drug-likeness (QED) is 0.912. The van der Waals surface area contributed by atoms with Gasteiger partial charge in [-0.05, 0) is 36.6 Å². The fourth-order valence-electron chi connectivity index (χ4n) is 1.76. The highest BCUT2D eigenvalue weighted by Crippen LogP contribution is 2.32. The molecule has 1 heterocycles. The number of benzene rings is 1. The second-order valence-electron chi connectivity index (χ2n) is 4.46. The number of aromatic nitrogens is 1. The van der Waals surface area contributed by atoms with Crippen LogP contribution in [0.15, 0.2) is 42.6 Å². The molecule has 1 aromatic carbocycles. The monoisotopic (exact) mass is 297 g/mol. The van der Waals surface area contributed by atoms with Gasteiger partial charge in [-0.3, -0.25) is 0 Å². The van der Waals surface area contributed by atoms with Crippen LogP contribution in [-0.2, 0) is 12.6 Å². The topological polar surface area (TPSA) is 42.4 Å². The molecule has 0 radical (unpaired) electrons. The van der Waals surface area contributed by atoms with Crippen LogP contribution in [0.1, 0.15) is 17.5 Å². The molecule has 0 spiro atoms. The van der Waals surface area contributed by atoms with Gasteiger partial charge in [0.1, 0.15) is 5.75 Å². The van der Waals surface area contributed by atoms with Crippen LogP contribution in [0.4, 0.5) is 13.2 Å². The Labute approximate surface area is 120 Å². The molecule has 112 valence electrons. The minimum absolute atomic E-state index is 0.0837. The van der Waals surface area contributed by atoms with Crippen molar-refractivity contribution < 1.29 is 23.0 Å². The van der Waals surface area contributed by atoms with Gasteiger partial charge in [-0.15, -0.1) is 0 Å². The van der Waals surface area contributed by atoms with Gasteiger partial charge >= 0.3 is 6.18 Å². The Hall–Kier alpha value is -2.08. The first-order valence-corrected chi connectivity index (χ1v) is 6.40. The Kier molecular flexibility index (Phi) is 4.80. The number of hydrogen-bond acceptors (Lipinski definition) is 3. The lowest BCUT2D eigenvalue weighted by atomic mass is 10.2. The standard InChI is InChI=1S/C15H14F3NO2/c16-15(17,18)12-4-1-5-13(9-12)21-14-7-6-11(10-19-14)3-2-8-20/h1,4-7,9-10,20H,2-3,8H2. The number of alkyl halides is 3. The van der Waals surface area contributed by atoms with Gasteiger partial charge in [0, 0.05) is 18.9 Å². The molecular formula is C15H14F3NO2. The van der Waals surface area contributed by atoms with Crippen LogP contribution in [0.2, 0.25) is 0 Å². The van der Waals surface area contributed by atoms with E-state index in [9.17, 15) is 13.2 Å². The summed E-state index contributed by atoms with van der Waals surface area (Å²) in [4.78, 5) is 4.03. The third kappa shape index (κ3) is 4.46. The number of ether oxygens (including phenoxy) is 1. The Morgan fingerprint density at radius 2 is 1.95 bits per heavy atom. The van der Waals surface area contributed by atoms with Crippen LogP contribution < -0.4 is 4.74 Å². The SMILES string of the molecule is OCCCc1ccc(Oc2cccc(C(F)(F)F)c2)nc1. The van der Waals surface area contributed by atoms with E-state index in [-0.39, 0.29) is 18.2 Å². The lowest BCUT2D eigenvalue weighted by Crippen LogP contribution is -2.04. The molecule has 0 atom stereocenters. The molecule has 21 heavy (non-hydrogen) atoms. The van der Waals surface area contributed by atoms with Crippen molar-refractivity contribution in [1.29, 1.82) is 0 Å². The molecule has 0 saturated heterocycles. The molecule has 0 amide bonds. The largest absolute Gasteiger partial charge is 0.439 e. The van der Waals surface area contributed by atoms with E-state index in [4.69, 9.17) is 9.84 Å². The predicted octanol–water partition coefficient (Wildman–Crippen LogP) is 3.82. The van der Waals surface area contributed by atoms with Crippen molar-refractivity contribution in [3.63, 3.8) is 0 Å². The summed E-state index contributed by atoms with van der Waals surface area (Å²) in [6, 6.07) is 8.00. The normalized spacial score (nSPS) is 11.4. The van der Waals surface area contributed by atoms with E-state index >= 15 is 0 Å². The number of pyridine rings is 1. The predicted molar refractivity (Wildman–Crippen MR) is 71.2 cm³/mol. The fraction of sp³-hybridized carbons (Fsp3) is 0.267. The number of aryl methyl sites for hydroxylation is 1. The molecule has 2 rings (SSSR count). The summed E-state index contributed by atoms with van der Waals surface area (Å²) >= 11 is 0. The Morgan fingerprint density at radius 1 is 1.14 bits per heavy atom. The van der Waals surface area contributed by atoms with Crippen LogP contribution in [0.3, 0.4) is 0 Å². The van der Waals surface area contributed by atoms with Gasteiger partial charge in [0.05, 0.1) is 5.56 Å². The molecule has 0 aliphatic carbocycles. The van der Waals surface area contributed by atoms with E-state index in [0.29, 0.717) is 12.8 Å². The minimum Gasteiger partial charge on any atom is -0.439 e. The second kappa shape index (κ2) is 6.58. The zero-order valence-corrected chi connectivity index (χ0v) is 11.1. The molecule has 6 heteroatoms. The van der Waals surface area contributed by atoms with Gasteiger partial charge in [-0.25, -0.2) is 4.98 Å². The molecule has 0 aliphatic heterocycles. The van der Waals surface area contributed by atoms with Gasteiger partial charge in [0.25, 0.3) is 0 Å². The summed E-state index contributed by atoms with van der Waals surface area (Å²) in [5.74, 6) is 0.308. The Balaban J connectivity index is 2.08. The molecule has 0 bridgehead atoms. The van der Waals surface area contributed by atoms with Crippen molar-refractivity contribution in [2.75, 3.05) is 6.61 Å². The molecule has 1 aromatic heterocycles. The van der Waals surface area contributed by atoms with Gasteiger partial charge in [-0.1, -0.05) is 12.1 Å². The van der Waals surface area contributed by atoms with Gasteiger partial charge < -0.3 is 9.84 Å².